The van der Waals surface area contributed by atoms with Gasteiger partial charge in [0.1, 0.15) is 29.3 Å². The first-order valence-corrected chi connectivity index (χ1v) is 21.4. The third-order valence-corrected chi connectivity index (χ3v) is 10.7. The van der Waals surface area contributed by atoms with Crippen LogP contribution in [-0.4, -0.2) is 114 Å². The fourth-order valence-corrected chi connectivity index (χ4v) is 7.30. The topological polar surface area (TPSA) is 232 Å². The Morgan fingerprint density at radius 3 is 2.17 bits per heavy atom. The molecule has 5 aromatic rings. The van der Waals surface area contributed by atoms with Crippen LogP contribution in [-0.2, 0) is 30.3 Å². The molecule has 1 saturated heterocycles. The number of nitrogens with zero attached hydrogens (tertiary/aromatic N) is 7. The normalized spacial score (nSPS) is 14.7. The predicted molar refractivity (Wildman–Crippen MR) is 242 cm³/mol. The lowest BCUT2D eigenvalue weighted by Crippen LogP contribution is -2.60. The molecule has 0 aliphatic carbocycles. The Kier molecular flexibility index (Phi) is 14.3. The van der Waals surface area contributed by atoms with Gasteiger partial charge in [-0.2, -0.15) is 4.68 Å². The van der Waals surface area contributed by atoms with Crippen LogP contribution in [0.15, 0.2) is 73.1 Å². The van der Waals surface area contributed by atoms with Crippen molar-refractivity contribution in [1.82, 2.24) is 35.0 Å². The maximum Gasteiger partial charge on any atom is 0.419 e. The first kappa shape index (κ1) is 47.6. The second-order valence-corrected chi connectivity index (χ2v) is 18.1. The molecule has 19 nitrogen and oxygen atoms in total. The zero-order chi connectivity index (χ0) is 47.4. The summed E-state index contributed by atoms with van der Waals surface area (Å²) >= 11 is 6.35. The largest absolute Gasteiger partial charge is 0.455 e. The molecule has 3 atom stereocenters. The number of hydrogen-bond acceptors (Lipinski definition) is 12. The summed E-state index contributed by atoms with van der Waals surface area (Å²) in [6.07, 6.45) is 1.23. The molecule has 0 bridgehead atoms. The van der Waals surface area contributed by atoms with E-state index in [9.17, 15) is 33.9 Å². The van der Waals surface area contributed by atoms with Crippen LogP contribution in [0.1, 0.15) is 77.9 Å². The molecule has 2 aromatic heterocycles. The molecule has 1 unspecified atom stereocenters. The van der Waals surface area contributed by atoms with E-state index in [0.717, 1.165) is 11.0 Å². The van der Waals surface area contributed by atoms with Gasteiger partial charge < -0.3 is 40.3 Å². The highest BCUT2D eigenvalue weighted by Crippen LogP contribution is 2.31. The molecule has 344 valence electrons. The summed E-state index contributed by atoms with van der Waals surface area (Å²) in [5.74, 6) is -3.24. The van der Waals surface area contributed by atoms with Crippen molar-refractivity contribution in [2.45, 2.75) is 91.5 Å². The van der Waals surface area contributed by atoms with Crippen molar-refractivity contribution in [2.24, 2.45) is 5.92 Å². The Labute approximate surface area is 380 Å². The van der Waals surface area contributed by atoms with Crippen LogP contribution in [0.2, 0.25) is 5.02 Å². The summed E-state index contributed by atoms with van der Waals surface area (Å²) in [7, 11) is 0. The molecule has 4 N–H and O–H groups in total. The van der Waals surface area contributed by atoms with Crippen molar-refractivity contribution in [2.75, 3.05) is 35.2 Å². The van der Waals surface area contributed by atoms with Crippen molar-refractivity contribution in [3.8, 4) is 5.69 Å². The predicted octanol–water partition coefficient (Wildman–Crippen LogP) is 5.96. The minimum atomic E-state index is -1.24. The number of aromatic nitrogens is 5. The fourth-order valence-electron chi connectivity index (χ4n) is 7.14. The number of anilines is 3. The van der Waals surface area contributed by atoms with Gasteiger partial charge in [0, 0.05) is 41.3 Å². The molecule has 0 radical (unpaired) electrons. The average molecular weight is 913 g/mol. The molecule has 0 spiro atoms. The third-order valence-electron chi connectivity index (χ3n) is 10.5. The lowest BCUT2D eigenvalue weighted by molar-refractivity contribution is -0.149. The van der Waals surface area contributed by atoms with Crippen molar-refractivity contribution in [3.63, 3.8) is 0 Å². The zero-order valence-corrected chi connectivity index (χ0v) is 38.2. The Morgan fingerprint density at radius 1 is 0.846 bits per heavy atom. The van der Waals surface area contributed by atoms with E-state index < -0.39 is 59.1 Å². The molecule has 1 aliphatic rings. The van der Waals surface area contributed by atoms with E-state index in [4.69, 9.17) is 21.1 Å². The summed E-state index contributed by atoms with van der Waals surface area (Å²) < 4.78 is 13.7. The molecule has 3 aromatic carbocycles. The molecule has 3 heterocycles. The second kappa shape index (κ2) is 19.5. The number of urea groups is 1. The summed E-state index contributed by atoms with van der Waals surface area (Å²) in [4.78, 5) is 84.9. The number of tetrazole rings is 1. The SMILES string of the molecule is CC[C@H](C)[C@@H](CO)NC(=O)Nc1ccc(CC(C(=O)Nc2ccc3c(c2)cc(C(=O)OC(C)(C)C)n3C(=O)OC(C)(C)C)N2CCN(c3cc(Cl)ccc3-n3cnnn3)C(=O)C2=O)cc1. The van der Waals surface area contributed by atoms with Gasteiger partial charge in [0.15, 0.2) is 0 Å². The van der Waals surface area contributed by atoms with Crippen LogP contribution in [0.3, 0.4) is 0 Å². The highest BCUT2D eigenvalue weighted by atomic mass is 35.5. The zero-order valence-electron chi connectivity index (χ0n) is 37.4. The number of halogens is 1. The van der Waals surface area contributed by atoms with Gasteiger partial charge in [0.05, 0.1) is 29.5 Å². The number of carbonyl (C=O) groups is 6. The van der Waals surface area contributed by atoms with E-state index in [1.165, 1.54) is 39.0 Å². The number of esters is 1. The number of fused-ring (bicyclic) bond motifs is 1. The lowest BCUT2D eigenvalue weighted by Gasteiger charge is -2.38. The number of aliphatic hydroxyl groups is 1. The Morgan fingerprint density at radius 2 is 1.54 bits per heavy atom. The molecule has 20 heteroatoms. The molecule has 1 fully saturated rings. The summed E-state index contributed by atoms with van der Waals surface area (Å²) in [6, 6.07) is 15.3. The van der Waals surface area contributed by atoms with Gasteiger partial charge in [0.2, 0.25) is 5.91 Å². The van der Waals surface area contributed by atoms with Crippen molar-refractivity contribution in [3.05, 3.63) is 89.3 Å². The van der Waals surface area contributed by atoms with Crippen molar-refractivity contribution >= 4 is 75.4 Å². The summed E-state index contributed by atoms with van der Waals surface area (Å²) in [6.45, 7) is 13.8. The number of aliphatic hydroxyl groups excluding tert-OH is 1. The van der Waals surface area contributed by atoms with Gasteiger partial charge >= 0.3 is 29.9 Å². The lowest BCUT2D eigenvalue weighted by atomic mass is 10.0. The van der Waals surface area contributed by atoms with Crippen LogP contribution in [0.5, 0.6) is 0 Å². The van der Waals surface area contributed by atoms with Crippen LogP contribution < -0.4 is 20.9 Å². The van der Waals surface area contributed by atoms with Gasteiger partial charge in [-0.05, 0) is 118 Å². The van der Waals surface area contributed by atoms with E-state index in [1.807, 2.05) is 13.8 Å². The number of amides is 5. The Balaban J connectivity index is 1.31. The standard InChI is InChI=1S/C45H53ClN10O9/c1-9-26(2)32(24-57)50-42(62)49-30-13-10-27(11-14-30)20-36(54-19-18-53(39(59)40(54)60)35-23-29(46)12-16-34(35)55-25-47-51-52-55)38(58)48-31-15-17-33-28(21-31)22-37(41(61)64-44(3,4)5)56(33)43(63)65-45(6,7)8/h10-17,21-23,25-26,32,36,57H,9,18-20,24H2,1-8H3,(H,48,58)(H2,49,50,62)/t26-,32+,36?/m0/s1. The van der Waals surface area contributed by atoms with E-state index >= 15 is 0 Å². The van der Waals surface area contributed by atoms with Gasteiger partial charge in [0.25, 0.3) is 0 Å². The Hall–Kier alpha value is -6.86. The van der Waals surface area contributed by atoms with Gasteiger partial charge in [-0.1, -0.05) is 44.0 Å². The summed E-state index contributed by atoms with van der Waals surface area (Å²) in [5.41, 5.74) is 0.414. The van der Waals surface area contributed by atoms with E-state index in [-0.39, 0.29) is 49.1 Å². The maximum absolute atomic E-state index is 14.5. The first-order valence-electron chi connectivity index (χ1n) is 21.0. The number of rotatable bonds is 13. The smallest absolute Gasteiger partial charge is 0.419 e. The second-order valence-electron chi connectivity index (χ2n) is 17.6. The monoisotopic (exact) mass is 912 g/mol. The van der Waals surface area contributed by atoms with Crippen LogP contribution >= 0.6 is 11.6 Å². The maximum atomic E-state index is 14.5. The van der Waals surface area contributed by atoms with E-state index in [1.54, 1.807) is 90.1 Å². The first-order chi connectivity index (χ1) is 30.7. The third kappa shape index (κ3) is 11.5. The van der Waals surface area contributed by atoms with Crippen LogP contribution in [0.4, 0.5) is 26.7 Å². The molecular weight excluding hydrogens is 860 g/mol. The highest BCUT2D eigenvalue weighted by molar-refractivity contribution is 6.41. The van der Waals surface area contributed by atoms with Gasteiger partial charge in [-0.25, -0.2) is 19.0 Å². The Bertz CT molecular complexity index is 2580. The molecule has 6 rings (SSSR count). The number of piperazine rings is 1. The molecule has 65 heavy (non-hydrogen) atoms. The van der Waals surface area contributed by atoms with Crippen LogP contribution in [0.25, 0.3) is 16.6 Å². The highest BCUT2D eigenvalue weighted by Gasteiger charge is 2.41. The van der Waals surface area contributed by atoms with Gasteiger partial charge in [-0.15, -0.1) is 5.10 Å². The quantitative estimate of drug-likeness (QED) is 0.0792. The van der Waals surface area contributed by atoms with Crippen LogP contribution in [0, 0.1) is 5.92 Å². The number of ether oxygens (including phenoxy) is 2. The molecule has 1 aliphatic heterocycles. The number of benzene rings is 3. The average Bonchev–Trinajstić information content (AvgIpc) is 3.91. The molecular formula is C45H53ClN10O9. The minimum absolute atomic E-state index is 0.0230. The minimum Gasteiger partial charge on any atom is -0.455 e. The fraction of sp³-hybridized carbons (Fsp3) is 0.400. The van der Waals surface area contributed by atoms with Gasteiger partial charge in [-0.3, -0.25) is 14.4 Å². The van der Waals surface area contributed by atoms with E-state index in [0.29, 0.717) is 32.9 Å². The molecule has 0 saturated carbocycles. The number of hydrogen-bond donors (Lipinski definition) is 4. The number of carbonyl (C=O) groups excluding carboxylic acids is 6. The molecule has 5 amide bonds. The summed E-state index contributed by atoms with van der Waals surface area (Å²) in [5, 5.41) is 30.2. The number of nitrogens with one attached hydrogen (secondary N) is 3. The van der Waals surface area contributed by atoms with Crippen molar-refractivity contribution < 1.29 is 43.3 Å². The van der Waals surface area contributed by atoms with E-state index in [2.05, 4.69) is 31.5 Å². The van der Waals surface area contributed by atoms with Crippen molar-refractivity contribution in [1.29, 1.82) is 0 Å².